The summed E-state index contributed by atoms with van der Waals surface area (Å²) in [6.45, 7) is 2.20. The Labute approximate surface area is 181 Å². The molecule has 1 aliphatic carbocycles. The fourth-order valence-electron chi connectivity index (χ4n) is 4.40. The van der Waals surface area contributed by atoms with Gasteiger partial charge in [-0.2, -0.15) is 0 Å². The number of anilines is 3. The molecule has 1 fully saturated rings. The standard InChI is InChI=1S/C24H28FN5O/c1-16-7-3-4-8-21(16)29(2)24-20(25)15-19(22(26)31)23(28-24)27-17-9-11-18(12-10-17)30-13-5-6-14-30/h5-6,9-16,21H,3-4,7-8H2,1-2H3,(H2,26,31)(H,27,28). The Balaban J connectivity index is 1.64. The topological polar surface area (TPSA) is 76.2 Å². The number of carbonyl (C=O) groups is 1. The average molecular weight is 422 g/mol. The van der Waals surface area contributed by atoms with Gasteiger partial charge < -0.3 is 20.5 Å². The van der Waals surface area contributed by atoms with Crippen LogP contribution in [0.25, 0.3) is 5.69 Å². The summed E-state index contributed by atoms with van der Waals surface area (Å²) in [7, 11) is 1.87. The molecular weight excluding hydrogens is 393 g/mol. The van der Waals surface area contributed by atoms with Gasteiger partial charge in [0.15, 0.2) is 11.6 Å². The van der Waals surface area contributed by atoms with E-state index in [0.29, 0.717) is 5.92 Å². The van der Waals surface area contributed by atoms with E-state index in [0.717, 1.165) is 30.6 Å². The van der Waals surface area contributed by atoms with Crippen LogP contribution < -0.4 is 16.0 Å². The number of rotatable bonds is 6. The minimum absolute atomic E-state index is 0.0285. The van der Waals surface area contributed by atoms with Gasteiger partial charge in [0.1, 0.15) is 5.82 Å². The number of nitrogens with zero attached hydrogens (tertiary/aromatic N) is 3. The van der Waals surface area contributed by atoms with Gasteiger partial charge in [-0.3, -0.25) is 4.79 Å². The molecule has 0 bridgehead atoms. The normalized spacial score (nSPS) is 18.5. The Morgan fingerprint density at radius 1 is 1.19 bits per heavy atom. The molecule has 2 atom stereocenters. The molecule has 162 valence electrons. The maximum Gasteiger partial charge on any atom is 0.252 e. The first-order valence-electron chi connectivity index (χ1n) is 10.7. The molecule has 7 heteroatoms. The van der Waals surface area contributed by atoms with Crippen LogP contribution in [0.15, 0.2) is 54.9 Å². The molecule has 0 radical (unpaired) electrons. The Morgan fingerprint density at radius 2 is 1.87 bits per heavy atom. The molecule has 31 heavy (non-hydrogen) atoms. The quantitative estimate of drug-likeness (QED) is 0.595. The summed E-state index contributed by atoms with van der Waals surface area (Å²) in [5.41, 5.74) is 7.28. The molecule has 1 amide bonds. The Morgan fingerprint density at radius 3 is 2.52 bits per heavy atom. The second kappa shape index (κ2) is 8.79. The SMILES string of the molecule is CC1CCCCC1N(C)c1nc(Nc2ccc(-n3cccc3)cc2)c(C(N)=O)cc1F. The monoisotopic (exact) mass is 421 g/mol. The van der Waals surface area contributed by atoms with Crippen molar-refractivity contribution in [1.29, 1.82) is 0 Å². The number of hydrogen-bond acceptors (Lipinski definition) is 4. The van der Waals surface area contributed by atoms with Crippen molar-refractivity contribution >= 4 is 23.2 Å². The molecule has 3 aromatic rings. The Hall–Kier alpha value is -3.35. The van der Waals surface area contributed by atoms with Crippen LogP contribution >= 0.6 is 0 Å². The number of hydrogen-bond donors (Lipinski definition) is 2. The molecule has 0 spiro atoms. The first kappa shape index (κ1) is 20.9. The van der Waals surface area contributed by atoms with Gasteiger partial charge in [-0.05, 0) is 61.2 Å². The molecule has 1 aromatic carbocycles. The highest BCUT2D eigenvalue weighted by Crippen LogP contribution is 2.33. The van der Waals surface area contributed by atoms with Crippen LogP contribution in [0.4, 0.5) is 21.7 Å². The maximum absolute atomic E-state index is 14.9. The number of primary amides is 1. The lowest BCUT2D eigenvalue weighted by molar-refractivity contribution is 0.100. The van der Waals surface area contributed by atoms with Gasteiger partial charge in [0, 0.05) is 36.9 Å². The first-order chi connectivity index (χ1) is 14.9. The van der Waals surface area contributed by atoms with Crippen molar-refractivity contribution in [1.82, 2.24) is 9.55 Å². The van der Waals surface area contributed by atoms with Crippen LogP contribution in [0.3, 0.4) is 0 Å². The lowest BCUT2D eigenvalue weighted by Crippen LogP contribution is -2.40. The highest BCUT2D eigenvalue weighted by Gasteiger charge is 2.28. The fourth-order valence-corrected chi connectivity index (χ4v) is 4.40. The molecule has 2 aromatic heterocycles. The summed E-state index contributed by atoms with van der Waals surface area (Å²) in [5, 5.41) is 3.15. The van der Waals surface area contributed by atoms with Crippen LogP contribution in [-0.2, 0) is 0 Å². The van der Waals surface area contributed by atoms with Gasteiger partial charge in [0.05, 0.1) is 5.56 Å². The Kier molecular flexibility index (Phi) is 5.93. The van der Waals surface area contributed by atoms with E-state index >= 15 is 0 Å². The minimum Gasteiger partial charge on any atom is -0.365 e. The van der Waals surface area contributed by atoms with Crippen molar-refractivity contribution in [3.05, 3.63) is 66.2 Å². The summed E-state index contributed by atoms with van der Waals surface area (Å²) in [5.74, 6) is -0.322. The van der Waals surface area contributed by atoms with Gasteiger partial charge >= 0.3 is 0 Å². The summed E-state index contributed by atoms with van der Waals surface area (Å²) < 4.78 is 16.9. The van der Waals surface area contributed by atoms with Crippen LogP contribution in [0, 0.1) is 11.7 Å². The second-order valence-corrected chi connectivity index (χ2v) is 8.26. The van der Waals surface area contributed by atoms with Crippen molar-refractivity contribution < 1.29 is 9.18 Å². The summed E-state index contributed by atoms with van der Waals surface area (Å²) in [6.07, 6.45) is 8.37. The number of halogens is 1. The van der Waals surface area contributed by atoms with E-state index < -0.39 is 11.7 Å². The third-order valence-electron chi connectivity index (χ3n) is 6.15. The van der Waals surface area contributed by atoms with Gasteiger partial charge in [0.25, 0.3) is 5.91 Å². The molecule has 3 N–H and O–H groups in total. The van der Waals surface area contributed by atoms with Crippen LogP contribution in [0.1, 0.15) is 43.0 Å². The van der Waals surface area contributed by atoms with Crippen molar-refractivity contribution in [3.63, 3.8) is 0 Å². The second-order valence-electron chi connectivity index (χ2n) is 8.26. The molecule has 1 aliphatic rings. The average Bonchev–Trinajstić information content (AvgIpc) is 3.30. The van der Waals surface area contributed by atoms with E-state index in [1.807, 2.05) is 65.3 Å². The molecule has 2 heterocycles. The highest BCUT2D eigenvalue weighted by molar-refractivity contribution is 5.98. The predicted molar refractivity (Wildman–Crippen MR) is 122 cm³/mol. The smallest absolute Gasteiger partial charge is 0.252 e. The predicted octanol–water partition coefficient (Wildman–Crippen LogP) is 4.87. The molecule has 1 saturated carbocycles. The highest BCUT2D eigenvalue weighted by atomic mass is 19.1. The maximum atomic E-state index is 14.9. The first-order valence-corrected chi connectivity index (χ1v) is 10.7. The van der Waals surface area contributed by atoms with E-state index in [-0.39, 0.29) is 23.2 Å². The zero-order valence-electron chi connectivity index (χ0n) is 17.9. The van der Waals surface area contributed by atoms with Gasteiger partial charge in [-0.15, -0.1) is 0 Å². The number of nitrogens with two attached hydrogens (primary N) is 1. The van der Waals surface area contributed by atoms with Gasteiger partial charge in [0.2, 0.25) is 0 Å². The van der Waals surface area contributed by atoms with Crippen molar-refractivity contribution in [2.24, 2.45) is 11.7 Å². The van der Waals surface area contributed by atoms with E-state index in [4.69, 9.17) is 5.73 Å². The molecule has 4 rings (SSSR count). The number of aromatic nitrogens is 2. The van der Waals surface area contributed by atoms with Crippen LogP contribution in [0.2, 0.25) is 0 Å². The Bertz CT molecular complexity index is 1050. The van der Waals surface area contributed by atoms with Crippen molar-refractivity contribution in [3.8, 4) is 5.69 Å². The lowest BCUT2D eigenvalue weighted by atomic mass is 9.85. The summed E-state index contributed by atoms with van der Waals surface area (Å²) >= 11 is 0. The third-order valence-corrected chi connectivity index (χ3v) is 6.15. The van der Waals surface area contributed by atoms with Crippen LogP contribution in [-0.4, -0.2) is 28.5 Å². The number of amides is 1. The fraction of sp³-hybridized carbons (Fsp3) is 0.333. The van der Waals surface area contributed by atoms with Gasteiger partial charge in [-0.1, -0.05) is 19.8 Å². The lowest BCUT2D eigenvalue weighted by Gasteiger charge is -2.37. The zero-order valence-corrected chi connectivity index (χ0v) is 17.9. The number of benzene rings is 1. The number of pyridine rings is 1. The number of nitrogens with one attached hydrogen (secondary N) is 1. The van der Waals surface area contributed by atoms with E-state index in [1.54, 1.807) is 0 Å². The third kappa shape index (κ3) is 4.40. The van der Waals surface area contributed by atoms with Crippen LogP contribution in [0.5, 0.6) is 0 Å². The summed E-state index contributed by atoms with van der Waals surface area (Å²) in [6, 6.07) is 13.0. The number of carbonyl (C=O) groups excluding carboxylic acids is 1. The molecule has 6 nitrogen and oxygen atoms in total. The molecule has 2 unspecified atom stereocenters. The van der Waals surface area contributed by atoms with E-state index in [2.05, 4.69) is 17.2 Å². The van der Waals surface area contributed by atoms with E-state index in [1.165, 1.54) is 12.5 Å². The molecule has 0 saturated heterocycles. The van der Waals surface area contributed by atoms with Gasteiger partial charge in [-0.25, -0.2) is 9.37 Å². The minimum atomic E-state index is -0.724. The largest absolute Gasteiger partial charge is 0.365 e. The van der Waals surface area contributed by atoms with E-state index in [9.17, 15) is 9.18 Å². The zero-order chi connectivity index (χ0) is 22.0. The van der Waals surface area contributed by atoms with Crippen molar-refractivity contribution in [2.75, 3.05) is 17.3 Å². The molecular formula is C24H28FN5O. The summed E-state index contributed by atoms with van der Waals surface area (Å²) in [4.78, 5) is 18.4. The molecule has 0 aliphatic heterocycles. The van der Waals surface area contributed by atoms with Crippen molar-refractivity contribution in [2.45, 2.75) is 38.6 Å².